The summed E-state index contributed by atoms with van der Waals surface area (Å²) in [6, 6.07) is 0. The zero-order chi connectivity index (χ0) is 9.90. The predicted octanol–water partition coefficient (Wildman–Crippen LogP) is 0.0703. The fourth-order valence-corrected chi connectivity index (χ4v) is 1.59. The molecule has 1 saturated heterocycles. The summed E-state index contributed by atoms with van der Waals surface area (Å²) in [5.74, 6) is -0.393. The maximum atomic E-state index is 11.4. The summed E-state index contributed by atoms with van der Waals surface area (Å²) in [6.07, 6.45) is 1.88. The number of aldehydes is 1. The molecule has 0 aromatic rings. The Morgan fingerprint density at radius 1 is 1.46 bits per heavy atom. The van der Waals surface area contributed by atoms with Crippen LogP contribution in [0.3, 0.4) is 0 Å². The number of carbonyl (C=O) groups excluding carboxylic acids is 2. The van der Waals surface area contributed by atoms with E-state index in [1.165, 1.54) is 7.11 Å². The minimum absolute atomic E-state index is 0.393. The van der Waals surface area contributed by atoms with E-state index >= 15 is 0 Å². The molecule has 0 unspecified atom stereocenters. The molecule has 0 amide bonds. The third-order valence-electron chi connectivity index (χ3n) is 2.70. The second kappa shape index (κ2) is 3.87. The highest BCUT2D eigenvalue weighted by molar-refractivity contribution is 5.93. The van der Waals surface area contributed by atoms with Crippen LogP contribution in [0.2, 0.25) is 0 Å². The van der Waals surface area contributed by atoms with E-state index in [1.54, 1.807) is 0 Å². The number of hydrogen-bond donors (Lipinski definition) is 0. The average molecular weight is 185 g/mol. The first kappa shape index (κ1) is 10.2. The van der Waals surface area contributed by atoms with Gasteiger partial charge in [0.2, 0.25) is 0 Å². The van der Waals surface area contributed by atoms with E-state index in [-0.39, 0.29) is 0 Å². The largest absolute Gasteiger partial charge is 0.468 e. The van der Waals surface area contributed by atoms with Gasteiger partial charge >= 0.3 is 5.97 Å². The standard InChI is InChI=1S/C9H15NO3/c1-10-5-3-9(7-11,4-6-10)8(12)13-2/h7H,3-6H2,1-2H3. The van der Waals surface area contributed by atoms with Gasteiger partial charge in [-0.15, -0.1) is 0 Å². The SMILES string of the molecule is COC(=O)C1(C=O)CCN(C)CC1. The van der Waals surface area contributed by atoms with Crippen LogP contribution in [-0.2, 0) is 14.3 Å². The molecule has 4 nitrogen and oxygen atoms in total. The lowest BCUT2D eigenvalue weighted by Crippen LogP contribution is -2.44. The molecule has 13 heavy (non-hydrogen) atoms. The number of esters is 1. The molecule has 0 bridgehead atoms. The van der Waals surface area contributed by atoms with Crippen molar-refractivity contribution in [1.82, 2.24) is 4.90 Å². The Labute approximate surface area is 77.8 Å². The van der Waals surface area contributed by atoms with Crippen molar-refractivity contribution in [3.8, 4) is 0 Å². The van der Waals surface area contributed by atoms with Crippen LogP contribution in [0.25, 0.3) is 0 Å². The number of ether oxygens (including phenoxy) is 1. The number of hydrogen-bond acceptors (Lipinski definition) is 4. The first-order valence-corrected chi connectivity index (χ1v) is 4.38. The maximum Gasteiger partial charge on any atom is 0.319 e. The summed E-state index contributed by atoms with van der Waals surface area (Å²) in [4.78, 5) is 24.3. The molecular weight excluding hydrogens is 170 g/mol. The van der Waals surface area contributed by atoms with E-state index in [0.717, 1.165) is 19.4 Å². The van der Waals surface area contributed by atoms with Gasteiger partial charge in [0.05, 0.1) is 7.11 Å². The van der Waals surface area contributed by atoms with E-state index in [4.69, 9.17) is 0 Å². The fourth-order valence-electron chi connectivity index (χ4n) is 1.59. The van der Waals surface area contributed by atoms with E-state index in [0.29, 0.717) is 12.8 Å². The van der Waals surface area contributed by atoms with E-state index < -0.39 is 11.4 Å². The molecule has 1 aliphatic rings. The number of nitrogens with zero attached hydrogens (tertiary/aromatic N) is 1. The van der Waals surface area contributed by atoms with Crippen LogP contribution in [0.4, 0.5) is 0 Å². The summed E-state index contributed by atoms with van der Waals surface area (Å²) in [6.45, 7) is 1.54. The Bertz CT molecular complexity index is 207. The zero-order valence-corrected chi connectivity index (χ0v) is 8.08. The Morgan fingerprint density at radius 2 is 2.00 bits per heavy atom. The van der Waals surface area contributed by atoms with Crippen molar-refractivity contribution in [3.05, 3.63) is 0 Å². The van der Waals surface area contributed by atoms with Crippen molar-refractivity contribution in [2.45, 2.75) is 12.8 Å². The smallest absolute Gasteiger partial charge is 0.319 e. The Hall–Kier alpha value is -0.900. The van der Waals surface area contributed by atoms with E-state index in [9.17, 15) is 9.59 Å². The summed E-state index contributed by atoms with van der Waals surface area (Å²) < 4.78 is 4.63. The van der Waals surface area contributed by atoms with Crippen LogP contribution in [0, 0.1) is 5.41 Å². The van der Waals surface area contributed by atoms with Crippen LogP contribution in [-0.4, -0.2) is 44.4 Å². The van der Waals surface area contributed by atoms with E-state index in [2.05, 4.69) is 9.64 Å². The van der Waals surface area contributed by atoms with Gasteiger partial charge in [-0.1, -0.05) is 0 Å². The van der Waals surface area contributed by atoms with Gasteiger partial charge in [0, 0.05) is 0 Å². The molecule has 4 heteroatoms. The molecular formula is C9H15NO3. The van der Waals surface area contributed by atoms with Gasteiger partial charge in [-0.25, -0.2) is 0 Å². The van der Waals surface area contributed by atoms with Gasteiger partial charge in [-0.3, -0.25) is 4.79 Å². The molecule has 0 aromatic carbocycles. The van der Waals surface area contributed by atoms with Gasteiger partial charge in [0.15, 0.2) is 0 Å². The average Bonchev–Trinajstić information content (AvgIpc) is 2.18. The number of methoxy groups -OCH3 is 1. The van der Waals surface area contributed by atoms with Crippen LogP contribution < -0.4 is 0 Å². The van der Waals surface area contributed by atoms with Crippen LogP contribution in [0.1, 0.15) is 12.8 Å². The van der Waals surface area contributed by atoms with Crippen molar-refractivity contribution >= 4 is 12.3 Å². The molecule has 1 fully saturated rings. The first-order chi connectivity index (χ1) is 6.14. The molecule has 1 aliphatic heterocycles. The van der Waals surface area contributed by atoms with Gasteiger partial charge in [0.25, 0.3) is 0 Å². The van der Waals surface area contributed by atoms with Gasteiger partial charge in [-0.05, 0) is 33.0 Å². The topological polar surface area (TPSA) is 46.6 Å². The third-order valence-corrected chi connectivity index (χ3v) is 2.70. The molecule has 0 radical (unpaired) electrons. The van der Waals surface area contributed by atoms with Gasteiger partial charge in [-0.2, -0.15) is 0 Å². The Kier molecular flexibility index (Phi) is 3.03. The second-order valence-corrected chi connectivity index (χ2v) is 3.57. The normalized spacial score (nSPS) is 22.3. The predicted molar refractivity (Wildman–Crippen MR) is 47.2 cm³/mol. The number of carbonyl (C=O) groups is 2. The summed E-state index contributed by atoms with van der Waals surface area (Å²) >= 11 is 0. The molecule has 1 rings (SSSR count). The Balaban J connectivity index is 2.71. The van der Waals surface area contributed by atoms with Crippen molar-refractivity contribution in [3.63, 3.8) is 0 Å². The second-order valence-electron chi connectivity index (χ2n) is 3.57. The van der Waals surface area contributed by atoms with Gasteiger partial charge < -0.3 is 14.4 Å². The molecule has 0 N–H and O–H groups in total. The van der Waals surface area contributed by atoms with E-state index in [1.807, 2.05) is 7.05 Å². The first-order valence-electron chi connectivity index (χ1n) is 4.38. The maximum absolute atomic E-state index is 11.4. The molecule has 0 aliphatic carbocycles. The third kappa shape index (κ3) is 1.88. The van der Waals surface area contributed by atoms with Crippen LogP contribution >= 0.6 is 0 Å². The van der Waals surface area contributed by atoms with Crippen LogP contribution in [0.15, 0.2) is 0 Å². The summed E-state index contributed by atoms with van der Waals surface area (Å²) in [5.41, 5.74) is -0.874. The molecule has 0 saturated carbocycles. The monoisotopic (exact) mass is 185 g/mol. The van der Waals surface area contributed by atoms with Crippen LogP contribution in [0.5, 0.6) is 0 Å². The molecule has 0 spiro atoms. The Morgan fingerprint density at radius 3 is 2.38 bits per heavy atom. The highest BCUT2D eigenvalue weighted by Gasteiger charge is 2.41. The van der Waals surface area contributed by atoms with Crippen molar-refractivity contribution in [2.24, 2.45) is 5.41 Å². The minimum Gasteiger partial charge on any atom is -0.468 e. The number of piperidine rings is 1. The molecule has 74 valence electrons. The lowest BCUT2D eigenvalue weighted by Gasteiger charge is -2.33. The molecule has 0 atom stereocenters. The molecule has 1 heterocycles. The minimum atomic E-state index is -0.874. The zero-order valence-electron chi connectivity index (χ0n) is 8.08. The van der Waals surface area contributed by atoms with Gasteiger partial charge in [0.1, 0.15) is 11.7 Å². The molecule has 0 aromatic heterocycles. The fraction of sp³-hybridized carbons (Fsp3) is 0.778. The highest BCUT2D eigenvalue weighted by atomic mass is 16.5. The van der Waals surface area contributed by atoms with Crippen molar-refractivity contribution in [2.75, 3.05) is 27.2 Å². The summed E-state index contributed by atoms with van der Waals surface area (Å²) in [7, 11) is 3.30. The van der Waals surface area contributed by atoms with Crippen molar-refractivity contribution in [1.29, 1.82) is 0 Å². The van der Waals surface area contributed by atoms with Crippen molar-refractivity contribution < 1.29 is 14.3 Å². The lowest BCUT2D eigenvalue weighted by atomic mass is 9.80. The highest BCUT2D eigenvalue weighted by Crippen LogP contribution is 2.29. The quantitative estimate of drug-likeness (QED) is 0.347. The lowest BCUT2D eigenvalue weighted by molar-refractivity contribution is -0.157. The number of likely N-dealkylation sites (tertiary alicyclic amines) is 1. The number of rotatable bonds is 2. The summed E-state index contributed by atoms with van der Waals surface area (Å²) in [5, 5.41) is 0.